The van der Waals surface area contributed by atoms with Crippen molar-refractivity contribution in [3.8, 4) is 89.8 Å². The van der Waals surface area contributed by atoms with Crippen LogP contribution in [0.5, 0.6) is 0 Å². The Bertz CT molecular complexity index is 4950. The first-order chi connectivity index (χ1) is 43.1. The van der Waals surface area contributed by atoms with Crippen molar-refractivity contribution in [2.24, 2.45) is 0 Å². The van der Waals surface area contributed by atoms with Gasteiger partial charge in [-0.15, -0.1) is 13.2 Å². The van der Waals surface area contributed by atoms with Gasteiger partial charge in [-0.1, -0.05) is 249 Å². The zero-order chi connectivity index (χ0) is 58.0. The highest BCUT2D eigenvalue weighted by molar-refractivity contribution is 6.17. The lowest BCUT2D eigenvalue weighted by atomic mass is 9.91. The molecule has 0 aliphatic carbocycles. The average Bonchev–Trinajstić information content (AvgIpc) is 1.61. The predicted molar refractivity (Wildman–Crippen MR) is 364 cm³/mol. The monoisotopic (exact) mass is 1110 g/mol. The van der Waals surface area contributed by atoms with Gasteiger partial charge in [0, 0.05) is 72.1 Å². The molecule has 5 heteroatoms. The number of hydrogen-bond acceptors (Lipinski definition) is 3. The van der Waals surface area contributed by atoms with E-state index in [1.807, 2.05) is 6.07 Å². The van der Waals surface area contributed by atoms with Crippen molar-refractivity contribution in [3.05, 3.63) is 328 Å². The van der Waals surface area contributed by atoms with Crippen LogP contribution in [0.1, 0.15) is 11.5 Å². The number of nitrogens with zero attached hydrogens (tertiary/aromatic N) is 5. The van der Waals surface area contributed by atoms with Crippen molar-refractivity contribution >= 4 is 55.0 Å². The third-order valence-corrected chi connectivity index (χ3v) is 17.6. The molecule has 15 aromatic rings. The van der Waals surface area contributed by atoms with Gasteiger partial charge in [0.2, 0.25) is 0 Å². The first kappa shape index (κ1) is 51.3. The Morgan fingerprint density at radius 2 is 0.713 bits per heavy atom. The second-order valence-corrected chi connectivity index (χ2v) is 22.5. The number of fused-ring (bicyclic) bond motifs is 7. The maximum Gasteiger partial charge on any atom is 0.160 e. The van der Waals surface area contributed by atoms with Crippen molar-refractivity contribution in [1.82, 2.24) is 19.1 Å². The van der Waals surface area contributed by atoms with E-state index in [1.165, 1.54) is 16.3 Å². The van der Waals surface area contributed by atoms with E-state index >= 15 is 0 Å². The maximum absolute atomic E-state index is 5.49. The summed E-state index contributed by atoms with van der Waals surface area (Å²) in [5.41, 5.74) is 23.3. The van der Waals surface area contributed by atoms with E-state index in [0.717, 1.165) is 128 Å². The van der Waals surface area contributed by atoms with Gasteiger partial charge in [-0.2, -0.15) is 0 Å². The molecule has 3 aromatic heterocycles. The summed E-state index contributed by atoms with van der Waals surface area (Å²) in [7, 11) is 0. The third kappa shape index (κ3) is 8.62. The quantitative estimate of drug-likeness (QED) is 0.114. The molecule has 0 saturated carbocycles. The van der Waals surface area contributed by atoms with Crippen molar-refractivity contribution in [3.63, 3.8) is 0 Å². The molecule has 2 atom stereocenters. The lowest BCUT2D eigenvalue weighted by Crippen LogP contribution is -2.27. The van der Waals surface area contributed by atoms with E-state index in [1.54, 1.807) is 0 Å². The summed E-state index contributed by atoms with van der Waals surface area (Å²) in [6, 6.07) is 108. The van der Waals surface area contributed by atoms with Crippen LogP contribution < -0.4 is 4.90 Å². The Hall–Kier alpha value is -11.4. The van der Waals surface area contributed by atoms with Crippen molar-refractivity contribution in [2.75, 3.05) is 4.90 Å². The molecule has 0 N–H and O–H groups in total. The fourth-order valence-corrected chi connectivity index (χ4v) is 13.7. The number of hydrogen-bond donors (Lipinski definition) is 0. The van der Waals surface area contributed by atoms with E-state index in [9.17, 15) is 0 Å². The largest absolute Gasteiger partial charge is 0.333 e. The molecule has 410 valence electrons. The normalized spacial score (nSPS) is 13.8. The Labute approximate surface area is 506 Å². The summed E-state index contributed by atoms with van der Waals surface area (Å²) in [4.78, 5) is 13.3. The number of benzene rings is 12. The van der Waals surface area contributed by atoms with Crippen molar-refractivity contribution in [2.45, 2.75) is 12.0 Å². The van der Waals surface area contributed by atoms with Crippen LogP contribution in [0.3, 0.4) is 0 Å². The minimum Gasteiger partial charge on any atom is -0.333 e. The average molecular weight is 1110 g/mol. The summed E-state index contributed by atoms with van der Waals surface area (Å²) in [5.74, 6) is 0.675. The smallest absolute Gasteiger partial charge is 0.160 e. The number of aromatic nitrogens is 4. The van der Waals surface area contributed by atoms with Crippen molar-refractivity contribution in [1.29, 1.82) is 0 Å². The molecule has 5 nitrogen and oxygen atoms in total. The number of anilines is 2. The van der Waals surface area contributed by atoms with Crippen molar-refractivity contribution < 1.29 is 0 Å². The molecule has 1 aliphatic heterocycles. The summed E-state index contributed by atoms with van der Waals surface area (Å²) >= 11 is 0. The van der Waals surface area contributed by atoms with Gasteiger partial charge in [0.1, 0.15) is 0 Å². The molecular formula is C82H57N5. The molecule has 0 spiro atoms. The van der Waals surface area contributed by atoms with E-state index < -0.39 is 0 Å². The Morgan fingerprint density at radius 3 is 1.22 bits per heavy atom. The van der Waals surface area contributed by atoms with Gasteiger partial charge in [0.05, 0.1) is 56.6 Å². The van der Waals surface area contributed by atoms with Crippen LogP contribution in [-0.4, -0.2) is 25.1 Å². The van der Waals surface area contributed by atoms with Crippen LogP contribution >= 0.6 is 0 Å². The fourth-order valence-electron chi connectivity index (χ4n) is 13.7. The summed E-state index contributed by atoms with van der Waals surface area (Å²) in [5, 5.41) is 4.66. The zero-order valence-corrected chi connectivity index (χ0v) is 47.7. The van der Waals surface area contributed by atoms with Gasteiger partial charge in [-0.3, -0.25) is 0 Å². The minimum absolute atomic E-state index is 0.0135. The highest BCUT2D eigenvalue weighted by Gasteiger charge is 2.38. The Morgan fingerprint density at radius 1 is 0.299 bits per heavy atom. The first-order valence-electron chi connectivity index (χ1n) is 29.8. The molecule has 0 fully saturated rings. The fraction of sp³-hybridized carbons (Fsp3) is 0.0244. The number of para-hydroxylation sites is 3. The highest BCUT2D eigenvalue weighted by atomic mass is 15.2. The van der Waals surface area contributed by atoms with E-state index in [0.29, 0.717) is 5.82 Å². The van der Waals surface area contributed by atoms with Gasteiger partial charge < -0.3 is 14.0 Å². The third-order valence-electron chi connectivity index (χ3n) is 17.6. The zero-order valence-electron chi connectivity index (χ0n) is 47.7. The predicted octanol–water partition coefficient (Wildman–Crippen LogP) is 21.3. The van der Waals surface area contributed by atoms with Crippen LogP contribution in [0.4, 0.5) is 11.4 Å². The molecule has 0 bridgehead atoms. The molecular weight excluding hydrogens is 1050 g/mol. The molecule has 1 aliphatic rings. The second-order valence-electron chi connectivity index (χ2n) is 22.5. The van der Waals surface area contributed by atoms with E-state index in [4.69, 9.17) is 9.97 Å². The Balaban J connectivity index is 1.10. The Kier molecular flexibility index (Phi) is 12.6. The van der Waals surface area contributed by atoms with Gasteiger partial charge in [0.25, 0.3) is 0 Å². The SMILES string of the molecule is C=CC1c2ccccc2N(c2cc3c(cc2-c2ccccc2)c2cc(-c4ccccc4)c(-n4c5ccccc5c5ccccc54)cc2n3-c2c(-c3ccccc3)cc(-c3cc(-c4ccccc4)nc(-c4ccccc4)n3)cc2-c2ccccc2)C1C=C. The summed E-state index contributed by atoms with van der Waals surface area (Å²) in [6.45, 7) is 8.98. The van der Waals surface area contributed by atoms with Crippen LogP contribution in [0.15, 0.2) is 323 Å². The number of rotatable bonds is 12. The molecule has 4 heterocycles. The van der Waals surface area contributed by atoms with Gasteiger partial charge in [0.15, 0.2) is 5.82 Å². The summed E-state index contributed by atoms with van der Waals surface area (Å²) in [6.07, 6.45) is 4.19. The van der Waals surface area contributed by atoms with Crippen LogP contribution in [0, 0.1) is 0 Å². The summed E-state index contributed by atoms with van der Waals surface area (Å²) < 4.78 is 5.08. The molecule has 2 unspecified atom stereocenters. The van der Waals surface area contributed by atoms with Crippen LogP contribution in [-0.2, 0) is 0 Å². The standard InChI is InChI=1S/C82H57N5/c1-3-61-62-41-23-26-44-74(62)85(73(61)4-2)77-52-79-69(49-65(77)54-29-11-5-12-30-54)70-50-66(55-31-13-6-14-32-55)78(86-75-45-27-24-42-63(75)64-43-25-28-46-76(64)86)53-80(70)87(79)81-67(56-33-15-7-16-34-56)47-60(48-68(81)57-35-17-8-18-36-57)72-51-71(58-37-19-9-20-38-58)83-82(84-72)59-39-21-10-22-40-59/h3-53,61,73H,1-2H2. The highest BCUT2D eigenvalue weighted by Crippen LogP contribution is 2.53. The topological polar surface area (TPSA) is 38.9 Å². The minimum atomic E-state index is -0.113. The molecule has 0 saturated heterocycles. The first-order valence-corrected chi connectivity index (χ1v) is 29.8. The van der Waals surface area contributed by atoms with Crippen LogP contribution in [0.2, 0.25) is 0 Å². The lowest BCUT2D eigenvalue weighted by molar-refractivity contribution is 0.756. The lowest BCUT2D eigenvalue weighted by Gasteiger charge is -2.30. The molecule has 0 amide bonds. The molecule has 0 radical (unpaired) electrons. The molecule has 87 heavy (non-hydrogen) atoms. The molecule has 12 aromatic carbocycles. The second kappa shape index (κ2) is 21.3. The van der Waals surface area contributed by atoms with E-state index in [2.05, 4.69) is 331 Å². The van der Waals surface area contributed by atoms with Crippen LogP contribution in [0.25, 0.3) is 133 Å². The van der Waals surface area contributed by atoms with Gasteiger partial charge >= 0.3 is 0 Å². The van der Waals surface area contributed by atoms with Gasteiger partial charge in [-0.05, 0) is 88.5 Å². The van der Waals surface area contributed by atoms with Gasteiger partial charge in [-0.25, -0.2) is 9.97 Å². The molecule has 16 rings (SSSR count). The van der Waals surface area contributed by atoms with E-state index in [-0.39, 0.29) is 12.0 Å². The maximum atomic E-state index is 5.49.